The third-order valence-corrected chi connectivity index (χ3v) is 2.95. The van der Waals surface area contributed by atoms with Crippen molar-refractivity contribution in [3.05, 3.63) is 17.5 Å². The number of aromatic nitrogens is 1. The van der Waals surface area contributed by atoms with Crippen molar-refractivity contribution in [2.24, 2.45) is 5.41 Å². The summed E-state index contributed by atoms with van der Waals surface area (Å²) in [4.78, 5) is 11.9. The Hall–Kier alpha value is -1.36. The first-order chi connectivity index (χ1) is 8.98. The number of nitrogens with one attached hydrogen (secondary N) is 2. The van der Waals surface area contributed by atoms with Crippen LogP contribution in [0.4, 0.5) is 0 Å². The molecule has 0 unspecified atom stereocenters. The molecule has 0 saturated heterocycles. The number of hydrogen-bond donors (Lipinski definition) is 2. The third-order valence-electron chi connectivity index (χ3n) is 2.95. The van der Waals surface area contributed by atoms with Gasteiger partial charge in [-0.15, -0.1) is 0 Å². The standard InChI is InChI=1S/C14H25N3O2/c1-5-6-7-11-8-12(17-19-11)13(18)16-10-14(2,3)9-15-4/h8,15H,5-7,9-10H2,1-4H3,(H,16,18). The predicted octanol–water partition coefficient (Wildman–Crippen LogP) is 1.99. The minimum absolute atomic E-state index is 0.0131. The molecule has 1 aromatic heterocycles. The number of carbonyl (C=O) groups is 1. The van der Waals surface area contributed by atoms with Gasteiger partial charge >= 0.3 is 0 Å². The summed E-state index contributed by atoms with van der Waals surface area (Å²) in [6, 6.07) is 1.73. The lowest BCUT2D eigenvalue weighted by Gasteiger charge is -2.24. The molecule has 0 aliphatic heterocycles. The quantitative estimate of drug-likeness (QED) is 0.756. The molecule has 1 rings (SSSR count). The average Bonchev–Trinajstić information content (AvgIpc) is 2.82. The number of hydrogen-bond acceptors (Lipinski definition) is 4. The first-order valence-electron chi connectivity index (χ1n) is 6.87. The first-order valence-corrected chi connectivity index (χ1v) is 6.87. The minimum atomic E-state index is -0.171. The molecule has 108 valence electrons. The van der Waals surface area contributed by atoms with Crippen molar-refractivity contribution >= 4 is 5.91 Å². The van der Waals surface area contributed by atoms with Crippen molar-refractivity contribution in [3.63, 3.8) is 0 Å². The second-order valence-electron chi connectivity index (χ2n) is 5.66. The van der Waals surface area contributed by atoms with E-state index in [9.17, 15) is 4.79 Å². The Bertz CT molecular complexity index is 399. The van der Waals surface area contributed by atoms with E-state index in [1.54, 1.807) is 6.07 Å². The SMILES string of the molecule is CCCCc1cc(C(=O)NCC(C)(C)CNC)no1. The summed E-state index contributed by atoms with van der Waals surface area (Å²) in [5.74, 6) is 0.608. The highest BCUT2D eigenvalue weighted by molar-refractivity contribution is 5.92. The maximum Gasteiger partial charge on any atom is 0.273 e. The summed E-state index contributed by atoms with van der Waals surface area (Å²) in [5, 5.41) is 9.82. The molecule has 5 heteroatoms. The molecule has 0 fully saturated rings. The van der Waals surface area contributed by atoms with Gasteiger partial charge in [-0.3, -0.25) is 4.79 Å². The largest absolute Gasteiger partial charge is 0.361 e. The van der Waals surface area contributed by atoms with Gasteiger partial charge in [0.15, 0.2) is 5.69 Å². The van der Waals surface area contributed by atoms with E-state index in [1.165, 1.54) is 0 Å². The van der Waals surface area contributed by atoms with Crippen LogP contribution in [0.2, 0.25) is 0 Å². The number of aryl methyl sites for hydroxylation is 1. The lowest BCUT2D eigenvalue weighted by molar-refractivity contribution is 0.0927. The van der Waals surface area contributed by atoms with Crippen molar-refractivity contribution in [3.8, 4) is 0 Å². The van der Waals surface area contributed by atoms with Crippen LogP contribution in [-0.4, -0.2) is 31.2 Å². The molecule has 0 radical (unpaired) electrons. The molecule has 2 N–H and O–H groups in total. The molecule has 0 spiro atoms. The second-order valence-corrected chi connectivity index (χ2v) is 5.66. The Labute approximate surface area is 115 Å². The van der Waals surface area contributed by atoms with Gasteiger partial charge in [-0.1, -0.05) is 32.3 Å². The fourth-order valence-electron chi connectivity index (χ4n) is 1.84. The van der Waals surface area contributed by atoms with Crippen LogP contribution in [0, 0.1) is 5.41 Å². The van der Waals surface area contributed by atoms with Crippen LogP contribution in [0.3, 0.4) is 0 Å². The van der Waals surface area contributed by atoms with Gasteiger partial charge in [0.1, 0.15) is 5.76 Å². The van der Waals surface area contributed by atoms with Gasteiger partial charge in [0.05, 0.1) is 0 Å². The van der Waals surface area contributed by atoms with Crippen LogP contribution in [-0.2, 0) is 6.42 Å². The zero-order chi connectivity index (χ0) is 14.3. The molecule has 1 amide bonds. The monoisotopic (exact) mass is 267 g/mol. The number of unbranched alkanes of at least 4 members (excludes halogenated alkanes) is 1. The van der Waals surface area contributed by atoms with Crippen LogP contribution in [0.25, 0.3) is 0 Å². The molecular weight excluding hydrogens is 242 g/mol. The summed E-state index contributed by atoms with van der Waals surface area (Å²) < 4.78 is 5.14. The van der Waals surface area contributed by atoms with Crippen molar-refractivity contribution in [1.82, 2.24) is 15.8 Å². The van der Waals surface area contributed by atoms with E-state index in [1.807, 2.05) is 7.05 Å². The number of nitrogens with zero attached hydrogens (tertiary/aromatic N) is 1. The average molecular weight is 267 g/mol. The van der Waals surface area contributed by atoms with Crippen molar-refractivity contribution < 1.29 is 9.32 Å². The van der Waals surface area contributed by atoms with E-state index in [-0.39, 0.29) is 11.3 Å². The Morgan fingerprint density at radius 3 is 2.79 bits per heavy atom. The summed E-state index contributed by atoms with van der Waals surface area (Å²) in [7, 11) is 1.90. The highest BCUT2D eigenvalue weighted by Gasteiger charge is 2.19. The summed E-state index contributed by atoms with van der Waals surface area (Å²) in [6.45, 7) is 7.75. The lowest BCUT2D eigenvalue weighted by atomic mass is 9.93. The number of amides is 1. The summed E-state index contributed by atoms with van der Waals surface area (Å²) in [5.41, 5.74) is 0.380. The van der Waals surface area contributed by atoms with E-state index in [2.05, 4.69) is 36.6 Å². The van der Waals surface area contributed by atoms with Crippen LogP contribution in [0.15, 0.2) is 10.6 Å². The smallest absolute Gasteiger partial charge is 0.273 e. The highest BCUT2D eigenvalue weighted by Crippen LogP contribution is 2.12. The van der Waals surface area contributed by atoms with E-state index < -0.39 is 0 Å². The predicted molar refractivity (Wildman–Crippen MR) is 75.2 cm³/mol. The van der Waals surface area contributed by atoms with E-state index >= 15 is 0 Å². The Morgan fingerprint density at radius 2 is 2.16 bits per heavy atom. The number of rotatable bonds is 8. The van der Waals surface area contributed by atoms with Crippen LogP contribution < -0.4 is 10.6 Å². The Morgan fingerprint density at radius 1 is 1.42 bits per heavy atom. The van der Waals surface area contributed by atoms with Crippen LogP contribution in [0.1, 0.15) is 49.9 Å². The van der Waals surface area contributed by atoms with Gasteiger partial charge in [-0.05, 0) is 18.9 Å². The number of carbonyl (C=O) groups excluding carboxylic acids is 1. The van der Waals surface area contributed by atoms with E-state index in [0.29, 0.717) is 12.2 Å². The Balaban J connectivity index is 2.47. The zero-order valence-electron chi connectivity index (χ0n) is 12.4. The van der Waals surface area contributed by atoms with Crippen LogP contribution >= 0.6 is 0 Å². The molecule has 19 heavy (non-hydrogen) atoms. The molecule has 1 heterocycles. The van der Waals surface area contributed by atoms with Gasteiger partial charge in [-0.2, -0.15) is 0 Å². The van der Waals surface area contributed by atoms with E-state index in [0.717, 1.165) is 31.6 Å². The maximum atomic E-state index is 11.9. The Kier molecular flexibility index (Phi) is 6.02. The fourth-order valence-corrected chi connectivity index (χ4v) is 1.84. The molecule has 0 aromatic carbocycles. The van der Waals surface area contributed by atoms with Crippen molar-refractivity contribution in [2.45, 2.75) is 40.0 Å². The van der Waals surface area contributed by atoms with E-state index in [4.69, 9.17) is 4.52 Å². The highest BCUT2D eigenvalue weighted by atomic mass is 16.5. The molecule has 0 atom stereocenters. The third kappa shape index (κ3) is 5.42. The van der Waals surface area contributed by atoms with Crippen molar-refractivity contribution in [1.29, 1.82) is 0 Å². The maximum absolute atomic E-state index is 11.9. The molecule has 0 saturated carbocycles. The zero-order valence-corrected chi connectivity index (χ0v) is 12.4. The first kappa shape index (κ1) is 15.7. The van der Waals surface area contributed by atoms with Crippen molar-refractivity contribution in [2.75, 3.05) is 20.1 Å². The minimum Gasteiger partial charge on any atom is -0.361 e. The molecule has 0 bridgehead atoms. The van der Waals surface area contributed by atoms with Gasteiger partial charge in [-0.25, -0.2) is 0 Å². The second kappa shape index (κ2) is 7.28. The fraction of sp³-hybridized carbons (Fsp3) is 0.714. The van der Waals surface area contributed by atoms with Gasteiger partial charge in [0, 0.05) is 25.6 Å². The molecular formula is C14H25N3O2. The lowest BCUT2D eigenvalue weighted by Crippen LogP contribution is -2.39. The van der Waals surface area contributed by atoms with Crippen LogP contribution in [0.5, 0.6) is 0 Å². The normalized spacial score (nSPS) is 11.6. The topological polar surface area (TPSA) is 67.2 Å². The summed E-state index contributed by atoms with van der Waals surface area (Å²) >= 11 is 0. The van der Waals surface area contributed by atoms with Gasteiger partial charge < -0.3 is 15.2 Å². The summed E-state index contributed by atoms with van der Waals surface area (Å²) in [6.07, 6.45) is 2.98. The van der Waals surface area contributed by atoms with Gasteiger partial charge in [0.2, 0.25) is 0 Å². The molecule has 0 aliphatic carbocycles. The molecule has 1 aromatic rings. The molecule has 5 nitrogen and oxygen atoms in total. The molecule has 0 aliphatic rings. The van der Waals surface area contributed by atoms with Gasteiger partial charge in [0.25, 0.3) is 5.91 Å².